The van der Waals surface area contributed by atoms with Crippen LogP contribution in [0, 0.1) is 0 Å². The van der Waals surface area contributed by atoms with E-state index in [2.05, 4.69) is 46.9 Å². The normalized spacial score (nSPS) is 12.4. The first-order valence-corrected chi connectivity index (χ1v) is 20.2. The van der Waals surface area contributed by atoms with Gasteiger partial charge in [0.05, 0.1) is 0 Å². The zero-order chi connectivity index (χ0) is 34.5. The second-order valence-corrected chi connectivity index (χ2v) is 13.7. The summed E-state index contributed by atoms with van der Waals surface area (Å²) in [5, 5.41) is 9.04. The van der Waals surface area contributed by atoms with Crippen molar-refractivity contribution in [3.05, 3.63) is 12.2 Å². The maximum absolute atomic E-state index is 13.0. The van der Waals surface area contributed by atoms with E-state index in [1.54, 1.807) is 7.05 Å². The van der Waals surface area contributed by atoms with E-state index in [-0.39, 0.29) is 11.8 Å². The summed E-state index contributed by atoms with van der Waals surface area (Å²) in [6.07, 6.45) is 40.1. The van der Waals surface area contributed by atoms with Gasteiger partial charge in [-0.05, 0) is 44.9 Å². The molecule has 0 aromatic heterocycles. The van der Waals surface area contributed by atoms with Gasteiger partial charge in [-0.1, -0.05) is 161 Å². The van der Waals surface area contributed by atoms with Gasteiger partial charge in [0.25, 0.3) is 0 Å². The molecule has 5 N–H and O–H groups in total. The predicted molar refractivity (Wildman–Crippen MR) is 205 cm³/mol. The summed E-state index contributed by atoms with van der Waals surface area (Å²) >= 11 is 0. The fourth-order valence-corrected chi connectivity index (χ4v) is 5.97. The van der Waals surface area contributed by atoms with E-state index in [4.69, 9.17) is 5.73 Å². The van der Waals surface area contributed by atoms with Crippen LogP contribution in [0.4, 0.5) is 0 Å². The van der Waals surface area contributed by atoms with Gasteiger partial charge < -0.3 is 21.7 Å². The summed E-state index contributed by atoms with van der Waals surface area (Å²) in [5.41, 5.74) is 5.75. The summed E-state index contributed by atoms with van der Waals surface area (Å²) in [4.78, 5) is 29.5. The van der Waals surface area contributed by atoms with Crippen LogP contribution < -0.4 is 21.7 Å². The Morgan fingerprint density at radius 2 is 1.00 bits per heavy atom. The third kappa shape index (κ3) is 33.6. The number of rotatable bonds is 35. The molecule has 0 aromatic rings. The molecule has 0 heterocycles. The lowest BCUT2D eigenvalue weighted by atomic mass is 10.0. The van der Waals surface area contributed by atoms with Crippen LogP contribution in [0.5, 0.6) is 0 Å². The Balaban J connectivity index is 4.02. The lowest BCUT2D eigenvalue weighted by Crippen LogP contribution is -2.48. The van der Waals surface area contributed by atoms with Crippen LogP contribution in [0.15, 0.2) is 17.1 Å². The second kappa shape index (κ2) is 36.8. The molecule has 47 heavy (non-hydrogen) atoms. The topological polar surface area (TPSA) is 109 Å². The Labute approximate surface area is 291 Å². The standard InChI is InChI=1S/C40H79N5O2/c1-4-6-8-10-12-14-16-18-20-21-23-25-27-29-31-33-38(46)45-37(34-36-44-40(41)42-3)39(47)43-35-32-30-28-26-24-22-19-17-15-13-11-9-7-5-2/h18,20,37H,4-17,19,21-36H2,1-3H3,(H,43,47)(H,45,46)(H3,41,42,44)/b20-18+. The van der Waals surface area contributed by atoms with Crippen LogP contribution in [0.25, 0.3) is 0 Å². The number of carbonyl (C=O) groups is 2. The summed E-state index contributed by atoms with van der Waals surface area (Å²) in [6, 6.07) is -0.561. The molecule has 0 aliphatic heterocycles. The van der Waals surface area contributed by atoms with Gasteiger partial charge in [-0.3, -0.25) is 14.6 Å². The van der Waals surface area contributed by atoms with Crippen molar-refractivity contribution in [2.45, 2.75) is 206 Å². The lowest BCUT2D eigenvalue weighted by Gasteiger charge is -2.19. The van der Waals surface area contributed by atoms with Crippen molar-refractivity contribution < 1.29 is 9.59 Å². The Morgan fingerprint density at radius 3 is 1.47 bits per heavy atom. The van der Waals surface area contributed by atoms with Crippen LogP contribution >= 0.6 is 0 Å². The average molecular weight is 662 g/mol. The highest BCUT2D eigenvalue weighted by Crippen LogP contribution is 2.13. The van der Waals surface area contributed by atoms with Crippen LogP contribution in [0.3, 0.4) is 0 Å². The number of guanidine groups is 1. The van der Waals surface area contributed by atoms with Crippen molar-refractivity contribution in [1.29, 1.82) is 0 Å². The van der Waals surface area contributed by atoms with Crippen LogP contribution in [-0.4, -0.2) is 44.0 Å². The van der Waals surface area contributed by atoms with Gasteiger partial charge in [-0.15, -0.1) is 0 Å². The van der Waals surface area contributed by atoms with Crippen LogP contribution in [0.2, 0.25) is 0 Å². The Kier molecular flexibility index (Phi) is 35.2. The number of nitrogens with two attached hydrogens (primary N) is 1. The molecule has 2 amide bonds. The third-order valence-corrected chi connectivity index (χ3v) is 9.13. The first-order valence-electron chi connectivity index (χ1n) is 20.2. The molecule has 1 unspecified atom stereocenters. The van der Waals surface area contributed by atoms with Crippen LogP contribution in [-0.2, 0) is 9.59 Å². The fraction of sp³-hybridized carbons (Fsp3) is 0.875. The molecule has 0 saturated heterocycles. The number of aliphatic imine (C=N–C) groups is 1. The molecular formula is C40H79N5O2. The maximum Gasteiger partial charge on any atom is 0.242 e. The molecule has 0 fully saturated rings. The van der Waals surface area contributed by atoms with Crippen molar-refractivity contribution in [2.24, 2.45) is 10.7 Å². The van der Waals surface area contributed by atoms with E-state index in [0.717, 1.165) is 38.5 Å². The first-order chi connectivity index (χ1) is 23.0. The van der Waals surface area contributed by atoms with E-state index in [9.17, 15) is 9.59 Å². The quantitative estimate of drug-likeness (QED) is 0.0235. The summed E-state index contributed by atoms with van der Waals surface area (Å²) in [6.45, 7) is 5.68. The molecule has 0 aromatic carbocycles. The molecule has 0 bridgehead atoms. The largest absolute Gasteiger partial charge is 0.370 e. The summed E-state index contributed by atoms with van der Waals surface area (Å²) < 4.78 is 0. The summed E-state index contributed by atoms with van der Waals surface area (Å²) in [7, 11) is 1.62. The molecule has 7 nitrogen and oxygen atoms in total. The fourth-order valence-electron chi connectivity index (χ4n) is 5.97. The first kappa shape index (κ1) is 45.0. The highest BCUT2D eigenvalue weighted by Gasteiger charge is 2.20. The van der Waals surface area contributed by atoms with Crippen molar-refractivity contribution in [3.63, 3.8) is 0 Å². The zero-order valence-corrected chi connectivity index (χ0v) is 31.5. The number of unbranched alkanes of at least 4 members (excludes halogenated alkanes) is 24. The average Bonchev–Trinajstić information content (AvgIpc) is 3.07. The minimum absolute atomic E-state index is 0.0450. The van der Waals surface area contributed by atoms with Crippen molar-refractivity contribution in [1.82, 2.24) is 16.0 Å². The molecule has 0 spiro atoms. The SMILES string of the molecule is CCCCCCCC/C=C/CCCCCCCC(=O)NC(CCN/C(N)=N\C)C(=O)NCCCCCCCCCCCCCCCC. The number of hydrogen-bond acceptors (Lipinski definition) is 3. The molecule has 0 rings (SSSR count). The number of carbonyl (C=O) groups excluding carboxylic acids is 2. The minimum atomic E-state index is -0.561. The Bertz CT molecular complexity index is 755. The molecular weight excluding hydrogens is 582 g/mol. The Hall–Kier alpha value is -2.05. The van der Waals surface area contributed by atoms with Crippen LogP contribution in [0.1, 0.15) is 200 Å². The molecule has 7 heteroatoms. The van der Waals surface area contributed by atoms with E-state index in [1.165, 1.54) is 135 Å². The summed E-state index contributed by atoms with van der Waals surface area (Å²) in [5.74, 6) is 0.189. The van der Waals surface area contributed by atoms with Crippen molar-refractivity contribution >= 4 is 17.8 Å². The zero-order valence-electron chi connectivity index (χ0n) is 31.5. The number of nitrogens with one attached hydrogen (secondary N) is 3. The van der Waals surface area contributed by atoms with Gasteiger partial charge >= 0.3 is 0 Å². The Morgan fingerprint density at radius 1 is 0.574 bits per heavy atom. The monoisotopic (exact) mass is 662 g/mol. The van der Waals surface area contributed by atoms with Gasteiger partial charge in [-0.2, -0.15) is 0 Å². The molecule has 1 atom stereocenters. The molecule has 276 valence electrons. The number of amides is 2. The molecule has 0 saturated carbocycles. The minimum Gasteiger partial charge on any atom is -0.370 e. The van der Waals surface area contributed by atoms with Gasteiger partial charge in [0.1, 0.15) is 6.04 Å². The number of hydrogen-bond donors (Lipinski definition) is 4. The number of allylic oxidation sites excluding steroid dienone is 2. The predicted octanol–water partition coefficient (Wildman–Crippen LogP) is 10.0. The molecule has 0 aliphatic carbocycles. The lowest BCUT2D eigenvalue weighted by molar-refractivity contribution is -0.129. The van der Waals surface area contributed by atoms with E-state index in [1.807, 2.05) is 0 Å². The highest BCUT2D eigenvalue weighted by molar-refractivity contribution is 5.87. The second-order valence-electron chi connectivity index (χ2n) is 13.7. The van der Waals surface area contributed by atoms with Crippen molar-refractivity contribution in [3.8, 4) is 0 Å². The smallest absolute Gasteiger partial charge is 0.242 e. The van der Waals surface area contributed by atoms with Gasteiger partial charge in [0.15, 0.2) is 5.96 Å². The van der Waals surface area contributed by atoms with Crippen molar-refractivity contribution in [2.75, 3.05) is 20.1 Å². The third-order valence-electron chi connectivity index (χ3n) is 9.13. The van der Waals surface area contributed by atoms with E-state index < -0.39 is 6.04 Å². The van der Waals surface area contributed by atoms with Gasteiger partial charge in [0.2, 0.25) is 11.8 Å². The van der Waals surface area contributed by atoms with E-state index >= 15 is 0 Å². The highest BCUT2D eigenvalue weighted by atomic mass is 16.2. The molecule has 0 radical (unpaired) electrons. The number of nitrogens with zero attached hydrogens (tertiary/aromatic N) is 1. The maximum atomic E-state index is 13.0. The van der Waals surface area contributed by atoms with Gasteiger partial charge in [-0.25, -0.2) is 0 Å². The molecule has 0 aliphatic rings. The van der Waals surface area contributed by atoms with E-state index in [0.29, 0.717) is 31.9 Å². The van der Waals surface area contributed by atoms with Gasteiger partial charge in [0, 0.05) is 26.6 Å².